The third-order valence-electron chi connectivity index (χ3n) is 3.44. The molecule has 0 unspecified atom stereocenters. The summed E-state index contributed by atoms with van der Waals surface area (Å²) < 4.78 is 5.96. The monoisotopic (exact) mass is 256 g/mol. The van der Waals surface area contributed by atoms with Gasteiger partial charge in [-0.1, -0.05) is 36.0 Å². The first-order valence-corrected chi connectivity index (χ1v) is 7.56. The zero-order chi connectivity index (χ0) is 11.4. The Morgan fingerprint density at radius 3 is 2.76 bits per heavy atom. The molecule has 84 valence electrons. The van der Waals surface area contributed by atoms with Crippen LogP contribution >= 0.6 is 22.7 Å². The third kappa shape index (κ3) is 1.28. The molecular formula is C15H12S2. The van der Waals surface area contributed by atoms with Crippen molar-refractivity contribution in [3.05, 3.63) is 32.3 Å². The van der Waals surface area contributed by atoms with Gasteiger partial charge in [-0.15, -0.1) is 22.7 Å². The molecule has 0 aliphatic heterocycles. The van der Waals surface area contributed by atoms with Crippen LogP contribution in [-0.4, -0.2) is 0 Å². The Morgan fingerprint density at radius 2 is 1.82 bits per heavy atom. The van der Waals surface area contributed by atoms with Gasteiger partial charge in [-0.25, -0.2) is 0 Å². The van der Waals surface area contributed by atoms with E-state index < -0.39 is 0 Å². The van der Waals surface area contributed by atoms with E-state index in [9.17, 15) is 0 Å². The van der Waals surface area contributed by atoms with Crippen molar-refractivity contribution in [3.8, 4) is 0 Å². The summed E-state index contributed by atoms with van der Waals surface area (Å²) in [5.74, 6) is 0. The molecule has 0 amide bonds. The predicted molar refractivity (Wildman–Crippen MR) is 79.8 cm³/mol. The highest BCUT2D eigenvalue weighted by Gasteiger charge is 2.15. The van der Waals surface area contributed by atoms with E-state index in [4.69, 9.17) is 0 Å². The van der Waals surface area contributed by atoms with Crippen molar-refractivity contribution >= 4 is 55.9 Å². The second kappa shape index (κ2) is 3.44. The van der Waals surface area contributed by atoms with Gasteiger partial charge < -0.3 is 0 Å². The van der Waals surface area contributed by atoms with E-state index in [1.54, 1.807) is 0 Å². The molecule has 17 heavy (non-hydrogen) atoms. The Labute approximate surface area is 108 Å². The average molecular weight is 256 g/mol. The molecule has 0 N–H and O–H groups in total. The van der Waals surface area contributed by atoms with Crippen LogP contribution in [0.4, 0.5) is 0 Å². The summed E-state index contributed by atoms with van der Waals surface area (Å²) in [6.07, 6.45) is 13.7. The van der Waals surface area contributed by atoms with Crippen LogP contribution in [0.5, 0.6) is 0 Å². The number of hydrogen-bond donors (Lipinski definition) is 0. The maximum Gasteiger partial charge on any atom is 0.0541 e. The molecule has 0 bridgehead atoms. The Balaban J connectivity index is 2.24. The van der Waals surface area contributed by atoms with E-state index >= 15 is 0 Å². The van der Waals surface area contributed by atoms with Crippen LogP contribution in [0, 0.1) is 0 Å². The summed E-state index contributed by atoms with van der Waals surface area (Å²) in [6, 6.07) is 0. The first kappa shape index (κ1) is 9.86. The first-order valence-electron chi connectivity index (χ1n) is 5.93. The molecule has 2 aliphatic rings. The minimum atomic E-state index is 1.09. The smallest absolute Gasteiger partial charge is 0.0541 e. The predicted octanol–water partition coefficient (Wildman–Crippen LogP) is 3.75. The standard InChI is InChI=1S/C15H12S2/c1-9-5-4-7-11-13(9)17-14-10-6-2-3-8-12(10)16-15(11)14/h2,4,6-8H,3,5H2,1H3. The summed E-state index contributed by atoms with van der Waals surface area (Å²) >= 11 is 3.94. The van der Waals surface area contributed by atoms with E-state index in [1.807, 2.05) is 22.7 Å². The Morgan fingerprint density at radius 1 is 1.00 bits per heavy atom. The fourth-order valence-electron chi connectivity index (χ4n) is 2.57. The number of fused-ring (bicyclic) bond motifs is 5. The lowest BCUT2D eigenvalue weighted by molar-refractivity contribution is 1.35. The van der Waals surface area contributed by atoms with Crippen molar-refractivity contribution < 1.29 is 0 Å². The first-order chi connectivity index (χ1) is 8.34. The molecule has 2 aromatic heterocycles. The van der Waals surface area contributed by atoms with Gasteiger partial charge in [-0.3, -0.25) is 0 Å². The van der Waals surface area contributed by atoms with Gasteiger partial charge in [0.05, 0.1) is 9.40 Å². The minimum Gasteiger partial charge on any atom is -0.134 e. The molecule has 0 fully saturated rings. The highest BCUT2D eigenvalue weighted by molar-refractivity contribution is 7.26. The van der Waals surface area contributed by atoms with Crippen molar-refractivity contribution in [2.24, 2.45) is 0 Å². The van der Waals surface area contributed by atoms with Crippen LogP contribution in [-0.2, 0) is 0 Å². The van der Waals surface area contributed by atoms with Gasteiger partial charge in [0, 0.05) is 20.2 Å². The quantitative estimate of drug-likeness (QED) is 0.673. The molecule has 0 radical (unpaired) electrons. The van der Waals surface area contributed by atoms with Crippen LogP contribution in [0.1, 0.15) is 30.9 Å². The minimum absolute atomic E-state index is 1.09. The molecule has 0 saturated heterocycles. The molecule has 0 spiro atoms. The van der Waals surface area contributed by atoms with Crippen molar-refractivity contribution in [3.63, 3.8) is 0 Å². The number of hydrogen-bond acceptors (Lipinski definition) is 2. The van der Waals surface area contributed by atoms with Crippen molar-refractivity contribution in [1.29, 1.82) is 0 Å². The van der Waals surface area contributed by atoms with Crippen molar-refractivity contribution in [2.75, 3.05) is 0 Å². The topological polar surface area (TPSA) is 0 Å². The van der Waals surface area contributed by atoms with Gasteiger partial charge in [0.25, 0.3) is 0 Å². The van der Waals surface area contributed by atoms with Crippen molar-refractivity contribution in [2.45, 2.75) is 19.8 Å². The summed E-state index contributed by atoms with van der Waals surface area (Å²) in [7, 11) is 0. The molecule has 0 aromatic carbocycles. The zero-order valence-corrected chi connectivity index (χ0v) is 11.3. The molecular weight excluding hydrogens is 244 g/mol. The normalized spacial score (nSPS) is 17.1. The second-order valence-electron chi connectivity index (χ2n) is 4.61. The Bertz CT molecular complexity index is 794. The van der Waals surface area contributed by atoms with Crippen LogP contribution in [0.15, 0.2) is 12.2 Å². The van der Waals surface area contributed by atoms with Gasteiger partial charge in [-0.05, 0) is 19.8 Å². The van der Waals surface area contributed by atoms with E-state index in [2.05, 4.69) is 37.3 Å². The second-order valence-corrected chi connectivity index (χ2v) is 6.68. The van der Waals surface area contributed by atoms with Gasteiger partial charge in [0.1, 0.15) is 0 Å². The van der Waals surface area contributed by atoms with Gasteiger partial charge in [-0.2, -0.15) is 0 Å². The van der Waals surface area contributed by atoms with Gasteiger partial charge in [0.15, 0.2) is 0 Å². The van der Waals surface area contributed by atoms with Crippen LogP contribution < -0.4 is 9.06 Å². The summed E-state index contributed by atoms with van der Waals surface area (Å²) in [5.41, 5.74) is 4.44. The Kier molecular flexibility index (Phi) is 1.99. The number of thiophene rings is 2. The lowest BCUT2D eigenvalue weighted by atomic mass is 10.1. The molecule has 2 aliphatic carbocycles. The Hall–Kier alpha value is -1.12. The van der Waals surface area contributed by atoms with E-state index in [-0.39, 0.29) is 0 Å². The van der Waals surface area contributed by atoms with E-state index in [1.165, 1.54) is 35.2 Å². The fourth-order valence-corrected chi connectivity index (χ4v) is 5.34. The highest BCUT2D eigenvalue weighted by atomic mass is 32.1. The average Bonchev–Trinajstić information content (AvgIpc) is 2.87. The van der Waals surface area contributed by atoms with E-state index in [0.29, 0.717) is 0 Å². The molecule has 2 heteroatoms. The van der Waals surface area contributed by atoms with Crippen LogP contribution in [0.2, 0.25) is 0 Å². The number of rotatable bonds is 0. The molecule has 0 atom stereocenters. The van der Waals surface area contributed by atoms with Crippen molar-refractivity contribution in [1.82, 2.24) is 0 Å². The maximum atomic E-state index is 2.35. The van der Waals surface area contributed by atoms with Gasteiger partial charge >= 0.3 is 0 Å². The highest BCUT2D eigenvalue weighted by Crippen LogP contribution is 2.33. The molecule has 4 rings (SSSR count). The summed E-state index contributed by atoms with van der Waals surface area (Å²) in [6.45, 7) is 2.26. The lowest BCUT2D eigenvalue weighted by Crippen LogP contribution is -2.05. The SMILES string of the molecule is CC1=c2sc3c4c(sc3c2C=CC1)=CCC=C4. The maximum absolute atomic E-state index is 2.35. The third-order valence-corrected chi connectivity index (χ3v) is 6.21. The summed E-state index contributed by atoms with van der Waals surface area (Å²) in [4.78, 5) is 0. The molecule has 0 nitrogen and oxygen atoms in total. The van der Waals surface area contributed by atoms with Crippen LogP contribution in [0.3, 0.4) is 0 Å². The molecule has 2 aromatic rings. The number of allylic oxidation sites excluding steroid dienone is 2. The largest absolute Gasteiger partial charge is 0.134 e. The lowest BCUT2D eigenvalue weighted by Gasteiger charge is -2.01. The molecule has 0 saturated carbocycles. The molecule has 2 heterocycles. The fraction of sp³-hybridized carbons (Fsp3) is 0.200. The zero-order valence-electron chi connectivity index (χ0n) is 9.62. The van der Waals surface area contributed by atoms with E-state index in [0.717, 1.165) is 12.8 Å². The van der Waals surface area contributed by atoms with Gasteiger partial charge in [0.2, 0.25) is 0 Å². The van der Waals surface area contributed by atoms with Crippen LogP contribution in [0.25, 0.3) is 33.2 Å². The summed E-state index contributed by atoms with van der Waals surface area (Å²) in [5, 5.41) is 0.